The molecule has 4 rings (SSSR count). The first-order valence-electron chi connectivity index (χ1n) is 8.27. The van der Waals surface area contributed by atoms with Crippen molar-refractivity contribution in [1.82, 2.24) is 0 Å². The summed E-state index contributed by atoms with van der Waals surface area (Å²) < 4.78 is 0. The van der Waals surface area contributed by atoms with E-state index in [4.69, 9.17) is 5.73 Å². The standard InChI is InChI=1S/C22H16N4/c23-15-26(21-14-6-10-17-8-2-4-12-19(17)21)22(24)25-20-13-5-9-16-7-1-3-11-18(16)20/h1-14H,(H2,24,25). The van der Waals surface area contributed by atoms with Crippen molar-refractivity contribution in [2.24, 2.45) is 10.7 Å². The quantitative estimate of drug-likeness (QED) is 0.244. The molecule has 0 unspecified atom stereocenters. The largest absolute Gasteiger partial charge is 0.368 e. The average molecular weight is 336 g/mol. The third-order valence-corrected chi connectivity index (χ3v) is 4.34. The van der Waals surface area contributed by atoms with Gasteiger partial charge in [0.1, 0.15) is 0 Å². The molecule has 4 nitrogen and oxygen atoms in total. The summed E-state index contributed by atoms with van der Waals surface area (Å²) in [5, 5.41) is 13.8. The van der Waals surface area contributed by atoms with Gasteiger partial charge >= 0.3 is 0 Å². The second-order valence-electron chi connectivity index (χ2n) is 5.90. The van der Waals surface area contributed by atoms with Gasteiger partial charge in [0.15, 0.2) is 6.19 Å². The van der Waals surface area contributed by atoms with E-state index < -0.39 is 0 Å². The lowest BCUT2D eigenvalue weighted by atomic mass is 10.1. The molecular formula is C22H16N4. The molecular weight excluding hydrogens is 320 g/mol. The van der Waals surface area contributed by atoms with E-state index in [9.17, 15) is 5.26 Å². The molecule has 4 aromatic rings. The molecule has 0 saturated carbocycles. The lowest BCUT2D eigenvalue weighted by Crippen LogP contribution is -2.33. The van der Waals surface area contributed by atoms with E-state index in [1.807, 2.05) is 84.9 Å². The van der Waals surface area contributed by atoms with Crippen LogP contribution in [0.15, 0.2) is 89.9 Å². The molecule has 0 aliphatic carbocycles. The number of rotatable bonds is 2. The molecule has 0 radical (unpaired) electrons. The first-order valence-corrected chi connectivity index (χ1v) is 8.27. The number of nitrogens with two attached hydrogens (primary N) is 1. The van der Waals surface area contributed by atoms with Crippen molar-refractivity contribution < 1.29 is 0 Å². The van der Waals surface area contributed by atoms with Crippen LogP contribution in [0.25, 0.3) is 21.5 Å². The average Bonchev–Trinajstić information content (AvgIpc) is 2.69. The summed E-state index contributed by atoms with van der Waals surface area (Å²) >= 11 is 0. The zero-order valence-electron chi connectivity index (χ0n) is 14.0. The molecule has 0 aliphatic heterocycles. The maximum atomic E-state index is 9.72. The van der Waals surface area contributed by atoms with Crippen molar-refractivity contribution in [2.75, 3.05) is 4.90 Å². The first-order chi connectivity index (χ1) is 12.8. The number of nitriles is 1. The zero-order chi connectivity index (χ0) is 17.9. The second kappa shape index (κ2) is 6.58. The van der Waals surface area contributed by atoms with E-state index in [1.165, 1.54) is 4.90 Å². The highest BCUT2D eigenvalue weighted by Gasteiger charge is 2.14. The normalized spacial score (nSPS) is 11.4. The Kier molecular flexibility index (Phi) is 3.97. The number of benzene rings is 4. The van der Waals surface area contributed by atoms with Crippen LogP contribution in [0.1, 0.15) is 0 Å². The summed E-state index contributed by atoms with van der Waals surface area (Å²) in [5.41, 5.74) is 7.68. The highest BCUT2D eigenvalue weighted by molar-refractivity contribution is 6.08. The van der Waals surface area contributed by atoms with Crippen molar-refractivity contribution in [2.45, 2.75) is 0 Å². The molecule has 0 spiro atoms. The van der Waals surface area contributed by atoms with E-state index in [0.29, 0.717) is 5.69 Å². The minimum atomic E-state index is 0.139. The number of hydrogen-bond donors (Lipinski definition) is 1. The summed E-state index contributed by atoms with van der Waals surface area (Å²) in [5.74, 6) is 0.139. The summed E-state index contributed by atoms with van der Waals surface area (Å²) in [6.45, 7) is 0. The predicted molar refractivity (Wildman–Crippen MR) is 107 cm³/mol. The van der Waals surface area contributed by atoms with Crippen LogP contribution in [-0.2, 0) is 0 Å². The molecule has 0 aromatic heterocycles. The van der Waals surface area contributed by atoms with Gasteiger partial charge in [0.25, 0.3) is 0 Å². The van der Waals surface area contributed by atoms with Gasteiger partial charge in [0.05, 0.1) is 11.4 Å². The number of guanidine groups is 1. The maximum Gasteiger partial charge on any atom is 0.214 e. The fourth-order valence-electron chi connectivity index (χ4n) is 3.11. The maximum absolute atomic E-state index is 9.72. The number of hydrogen-bond acceptors (Lipinski definition) is 2. The lowest BCUT2D eigenvalue weighted by molar-refractivity contribution is 1.29. The summed E-state index contributed by atoms with van der Waals surface area (Å²) in [6, 6.07) is 27.5. The Morgan fingerprint density at radius 3 is 2.08 bits per heavy atom. The van der Waals surface area contributed by atoms with Crippen LogP contribution in [0.3, 0.4) is 0 Å². The molecule has 26 heavy (non-hydrogen) atoms. The molecule has 2 N–H and O–H groups in total. The van der Waals surface area contributed by atoms with Gasteiger partial charge in [0, 0.05) is 10.8 Å². The fourth-order valence-corrected chi connectivity index (χ4v) is 3.11. The number of aliphatic imine (C=N–C) groups is 1. The van der Waals surface area contributed by atoms with Crippen LogP contribution >= 0.6 is 0 Å². The van der Waals surface area contributed by atoms with Gasteiger partial charge in [0.2, 0.25) is 5.96 Å². The Hall–Kier alpha value is -3.84. The summed E-state index contributed by atoms with van der Waals surface area (Å²) in [4.78, 5) is 5.90. The van der Waals surface area contributed by atoms with E-state index >= 15 is 0 Å². The number of anilines is 1. The Labute approximate surface area is 151 Å². The number of fused-ring (bicyclic) bond motifs is 2. The Morgan fingerprint density at radius 2 is 1.35 bits per heavy atom. The van der Waals surface area contributed by atoms with Gasteiger partial charge < -0.3 is 5.73 Å². The molecule has 4 aromatic carbocycles. The third-order valence-electron chi connectivity index (χ3n) is 4.34. The lowest BCUT2D eigenvalue weighted by Gasteiger charge is -2.17. The number of nitrogens with zero attached hydrogens (tertiary/aromatic N) is 3. The molecule has 0 heterocycles. The third kappa shape index (κ3) is 2.72. The van der Waals surface area contributed by atoms with Crippen LogP contribution in [0.2, 0.25) is 0 Å². The van der Waals surface area contributed by atoms with Gasteiger partial charge in [-0.15, -0.1) is 0 Å². The van der Waals surface area contributed by atoms with Crippen LogP contribution in [-0.4, -0.2) is 5.96 Å². The van der Waals surface area contributed by atoms with Crippen molar-refractivity contribution >= 4 is 38.9 Å². The molecule has 0 aliphatic rings. The molecule has 0 saturated heterocycles. The van der Waals surface area contributed by atoms with E-state index in [0.717, 1.165) is 27.2 Å². The van der Waals surface area contributed by atoms with Crippen molar-refractivity contribution in [3.8, 4) is 6.19 Å². The monoisotopic (exact) mass is 336 g/mol. The Morgan fingerprint density at radius 1 is 0.769 bits per heavy atom. The minimum absolute atomic E-state index is 0.139. The molecule has 0 amide bonds. The smallest absolute Gasteiger partial charge is 0.214 e. The molecule has 0 bridgehead atoms. The molecule has 4 heteroatoms. The highest BCUT2D eigenvalue weighted by atomic mass is 15.2. The Bertz CT molecular complexity index is 1160. The van der Waals surface area contributed by atoms with Crippen molar-refractivity contribution in [3.63, 3.8) is 0 Å². The topological polar surface area (TPSA) is 65.4 Å². The van der Waals surface area contributed by atoms with Crippen LogP contribution in [0.4, 0.5) is 11.4 Å². The van der Waals surface area contributed by atoms with E-state index in [2.05, 4.69) is 11.2 Å². The molecule has 0 fully saturated rings. The minimum Gasteiger partial charge on any atom is -0.368 e. The predicted octanol–water partition coefficient (Wildman–Crippen LogP) is 4.93. The summed E-state index contributed by atoms with van der Waals surface area (Å²) in [7, 11) is 0. The first kappa shape index (κ1) is 15.7. The van der Waals surface area contributed by atoms with Crippen molar-refractivity contribution in [1.29, 1.82) is 5.26 Å². The van der Waals surface area contributed by atoms with Crippen LogP contribution < -0.4 is 10.6 Å². The molecule has 0 atom stereocenters. The highest BCUT2D eigenvalue weighted by Crippen LogP contribution is 2.29. The zero-order valence-corrected chi connectivity index (χ0v) is 14.0. The van der Waals surface area contributed by atoms with E-state index in [1.54, 1.807) is 0 Å². The van der Waals surface area contributed by atoms with Gasteiger partial charge in [-0.1, -0.05) is 72.8 Å². The van der Waals surface area contributed by atoms with Gasteiger partial charge in [-0.3, -0.25) is 0 Å². The Balaban J connectivity index is 1.84. The molecule has 124 valence electrons. The van der Waals surface area contributed by atoms with Gasteiger partial charge in [-0.05, 0) is 22.9 Å². The van der Waals surface area contributed by atoms with Crippen LogP contribution in [0.5, 0.6) is 0 Å². The van der Waals surface area contributed by atoms with Crippen molar-refractivity contribution in [3.05, 3.63) is 84.9 Å². The second-order valence-corrected chi connectivity index (χ2v) is 5.90. The van der Waals surface area contributed by atoms with Gasteiger partial charge in [-0.2, -0.15) is 5.26 Å². The van der Waals surface area contributed by atoms with Gasteiger partial charge in [-0.25, -0.2) is 9.89 Å². The fraction of sp³-hybridized carbons (Fsp3) is 0. The van der Waals surface area contributed by atoms with Crippen LogP contribution in [0, 0.1) is 11.5 Å². The SMILES string of the molecule is N#CN(C(N)=Nc1cccc2ccccc12)c1cccc2ccccc12. The van der Waals surface area contributed by atoms with E-state index in [-0.39, 0.29) is 5.96 Å². The summed E-state index contributed by atoms with van der Waals surface area (Å²) in [6.07, 6.45) is 2.16.